The number of rotatable bonds is 4. The molecule has 0 aliphatic carbocycles. The first-order valence-corrected chi connectivity index (χ1v) is 4.79. The molecule has 0 radical (unpaired) electrons. The summed E-state index contributed by atoms with van der Waals surface area (Å²) >= 11 is 3.24. The predicted octanol–water partition coefficient (Wildman–Crippen LogP) is 2.30. The van der Waals surface area contributed by atoms with Gasteiger partial charge in [-0.1, -0.05) is 28.1 Å². The van der Waals surface area contributed by atoms with Crippen LogP contribution in [0.1, 0.15) is 16.8 Å². The summed E-state index contributed by atoms with van der Waals surface area (Å²) in [7, 11) is 0. The number of nitro groups is 1. The van der Waals surface area contributed by atoms with Crippen molar-refractivity contribution in [2.45, 2.75) is 6.42 Å². The molecule has 1 aromatic rings. The highest BCUT2D eigenvalue weighted by molar-refractivity contribution is 9.10. The van der Waals surface area contributed by atoms with Gasteiger partial charge in [-0.2, -0.15) is 0 Å². The Morgan fingerprint density at radius 3 is 2.43 bits per heavy atom. The van der Waals surface area contributed by atoms with E-state index < -0.39 is 4.92 Å². The number of ketones is 1. The number of carbonyl (C=O) groups excluding carboxylic acids is 1. The molecule has 0 N–H and O–H groups in total. The first-order chi connectivity index (χ1) is 6.59. The lowest BCUT2D eigenvalue weighted by Gasteiger charge is -1.97. The Morgan fingerprint density at radius 1 is 1.36 bits per heavy atom. The van der Waals surface area contributed by atoms with Crippen LogP contribution in [-0.2, 0) is 0 Å². The van der Waals surface area contributed by atoms with Gasteiger partial charge in [0.25, 0.3) is 0 Å². The summed E-state index contributed by atoms with van der Waals surface area (Å²) in [5.41, 5.74) is 0.509. The number of halogens is 1. The van der Waals surface area contributed by atoms with Gasteiger partial charge >= 0.3 is 0 Å². The molecule has 1 rings (SSSR count). The Kier molecular flexibility index (Phi) is 3.76. The summed E-state index contributed by atoms with van der Waals surface area (Å²) in [6.07, 6.45) is -0.0470. The molecule has 0 saturated heterocycles. The molecule has 0 aliphatic rings. The Morgan fingerprint density at radius 2 is 1.93 bits per heavy atom. The van der Waals surface area contributed by atoms with Gasteiger partial charge in [0, 0.05) is 15.0 Å². The fraction of sp³-hybridized carbons (Fsp3) is 0.222. The van der Waals surface area contributed by atoms with Crippen molar-refractivity contribution in [2.24, 2.45) is 0 Å². The number of Topliss-reactive ketones (excluding diaryl/α,β-unsaturated/α-hetero) is 1. The molecule has 0 spiro atoms. The number of carbonyl (C=O) groups is 1. The average molecular weight is 258 g/mol. The van der Waals surface area contributed by atoms with Crippen molar-refractivity contribution in [3.63, 3.8) is 0 Å². The van der Waals surface area contributed by atoms with Crippen molar-refractivity contribution in [3.8, 4) is 0 Å². The molecule has 0 amide bonds. The maximum atomic E-state index is 11.3. The van der Waals surface area contributed by atoms with Gasteiger partial charge in [-0.25, -0.2) is 0 Å². The van der Waals surface area contributed by atoms with Gasteiger partial charge in [0.15, 0.2) is 5.78 Å². The topological polar surface area (TPSA) is 60.2 Å². The number of hydrogen-bond acceptors (Lipinski definition) is 3. The van der Waals surface area contributed by atoms with Gasteiger partial charge in [-0.3, -0.25) is 14.9 Å². The van der Waals surface area contributed by atoms with Crippen LogP contribution in [0, 0.1) is 10.1 Å². The summed E-state index contributed by atoms with van der Waals surface area (Å²) < 4.78 is 0.878. The number of benzene rings is 1. The normalized spacial score (nSPS) is 9.79. The van der Waals surface area contributed by atoms with Crippen LogP contribution in [0.4, 0.5) is 0 Å². The van der Waals surface area contributed by atoms with Crippen LogP contribution in [0.25, 0.3) is 0 Å². The lowest BCUT2D eigenvalue weighted by molar-refractivity contribution is -0.478. The van der Waals surface area contributed by atoms with E-state index in [1.165, 1.54) is 0 Å². The second-order valence-electron chi connectivity index (χ2n) is 2.74. The minimum Gasteiger partial charge on any atom is -0.294 e. The molecule has 0 saturated carbocycles. The van der Waals surface area contributed by atoms with Crippen molar-refractivity contribution < 1.29 is 9.72 Å². The van der Waals surface area contributed by atoms with E-state index in [4.69, 9.17) is 0 Å². The van der Waals surface area contributed by atoms with E-state index in [1.54, 1.807) is 24.3 Å². The molecular weight excluding hydrogens is 250 g/mol. The fourth-order valence-corrected chi connectivity index (χ4v) is 1.24. The monoisotopic (exact) mass is 257 g/mol. The van der Waals surface area contributed by atoms with E-state index in [2.05, 4.69) is 15.9 Å². The van der Waals surface area contributed by atoms with E-state index in [0.29, 0.717) is 5.56 Å². The van der Waals surface area contributed by atoms with E-state index in [9.17, 15) is 14.9 Å². The van der Waals surface area contributed by atoms with Gasteiger partial charge in [-0.05, 0) is 12.1 Å². The molecule has 0 atom stereocenters. The average Bonchev–Trinajstić information content (AvgIpc) is 2.15. The van der Waals surface area contributed by atoms with E-state index in [1.807, 2.05) is 0 Å². The predicted molar refractivity (Wildman–Crippen MR) is 55.0 cm³/mol. The summed E-state index contributed by atoms with van der Waals surface area (Å²) in [4.78, 5) is 20.9. The molecule has 14 heavy (non-hydrogen) atoms. The molecule has 0 heterocycles. The van der Waals surface area contributed by atoms with Crippen LogP contribution in [0.3, 0.4) is 0 Å². The third kappa shape index (κ3) is 3.26. The highest BCUT2D eigenvalue weighted by Gasteiger charge is 2.08. The minimum atomic E-state index is -0.489. The van der Waals surface area contributed by atoms with Crippen LogP contribution in [0.5, 0.6) is 0 Å². The largest absolute Gasteiger partial charge is 0.294 e. The molecule has 4 nitrogen and oxygen atoms in total. The maximum Gasteiger partial charge on any atom is 0.211 e. The summed E-state index contributed by atoms with van der Waals surface area (Å²) in [6.45, 7) is -0.311. The van der Waals surface area contributed by atoms with Gasteiger partial charge in [0.2, 0.25) is 6.54 Å². The zero-order valence-corrected chi connectivity index (χ0v) is 8.86. The van der Waals surface area contributed by atoms with E-state index in [-0.39, 0.29) is 18.7 Å². The van der Waals surface area contributed by atoms with Crippen LogP contribution < -0.4 is 0 Å². The van der Waals surface area contributed by atoms with Crippen molar-refractivity contribution in [3.05, 3.63) is 44.4 Å². The maximum absolute atomic E-state index is 11.3. The SMILES string of the molecule is O=C(CC[N+](=O)[O-])c1ccc(Br)cc1. The van der Waals surface area contributed by atoms with Crippen molar-refractivity contribution in [2.75, 3.05) is 6.54 Å². The Balaban J connectivity index is 2.61. The first-order valence-electron chi connectivity index (χ1n) is 4.00. The van der Waals surface area contributed by atoms with Gasteiger partial charge < -0.3 is 0 Å². The summed E-state index contributed by atoms with van der Waals surface area (Å²) in [6, 6.07) is 6.76. The fourth-order valence-electron chi connectivity index (χ4n) is 0.973. The molecule has 0 aliphatic heterocycles. The van der Waals surface area contributed by atoms with Gasteiger partial charge in [-0.15, -0.1) is 0 Å². The highest BCUT2D eigenvalue weighted by Crippen LogP contribution is 2.11. The summed E-state index contributed by atoms with van der Waals surface area (Å²) in [5.74, 6) is -0.200. The van der Waals surface area contributed by atoms with Crippen LogP contribution in [0.15, 0.2) is 28.7 Å². The zero-order chi connectivity index (χ0) is 10.6. The Bertz CT molecular complexity index is 348. The second-order valence-corrected chi connectivity index (χ2v) is 3.65. The highest BCUT2D eigenvalue weighted by atomic mass is 79.9. The smallest absolute Gasteiger partial charge is 0.211 e. The molecule has 1 aromatic carbocycles. The zero-order valence-electron chi connectivity index (χ0n) is 7.27. The van der Waals surface area contributed by atoms with Crippen LogP contribution in [-0.4, -0.2) is 17.3 Å². The molecule has 74 valence electrons. The lowest BCUT2D eigenvalue weighted by Crippen LogP contribution is -2.08. The van der Waals surface area contributed by atoms with E-state index >= 15 is 0 Å². The number of hydrogen-bond donors (Lipinski definition) is 0. The standard InChI is InChI=1S/C9H8BrNO3/c10-8-3-1-7(2-4-8)9(12)5-6-11(13)14/h1-4H,5-6H2. The summed E-state index contributed by atoms with van der Waals surface area (Å²) in [5, 5.41) is 10.0. The van der Waals surface area contributed by atoms with Crippen LogP contribution >= 0.6 is 15.9 Å². The molecule has 0 aromatic heterocycles. The molecular formula is C9H8BrNO3. The van der Waals surface area contributed by atoms with Crippen molar-refractivity contribution in [1.82, 2.24) is 0 Å². The molecule has 0 unspecified atom stereocenters. The van der Waals surface area contributed by atoms with Gasteiger partial charge in [0.05, 0.1) is 6.42 Å². The third-order valence-electron chi connectivity index (χ3n) is 1.69. The molecule has 0 fully saturated rings. The van der Waals surface area contributed by atoms with Gasteiger partial charge in [0.1, 0.15) is 0 Å². The Hall–Kier alpha value is -1.23. The lowest BCUT2D eigenvalue weighted by atomic mass is 10.1. The molecule has 5 heteroatoms. The first kappa shape index (κ1) is 10.8. The minimum absolute atomic E-state index is 0.0470. The second kappa shape index (κ2) is 4.85. The molecule has 0 bridgehead atoms. The van der Waals surface area contributed by atoms with Crippen LogP contribution in [0.2, 0.25) is 0 Å². The third-order valence-corrected chi connectivity index (χ3v) is 2.22. The van der Waals surface area contributed by atoms with Crippen molar-refractivity contribution in [1.29, 1.82) is 0 Å². The van der Waals surface area contributed by atoms with Crippen molar-refractivity contribution >= 4 is 21.7 Å². The number of nitrogens with zero attached hydrogens (tertiary/aromatic N) is 1. The quantitative estimate of drug-likeness (QED) is 0.473. The van der Waals surface area contributed by atoms with E-state index in [0.717, 1.165) is 4.47 Å². The Labute approximate surface area is 89.2 Å².